The number of ether oxygens (including phenoxy) is 2. The molecule has 1 fully saturated rings. The van der Waals surface area contributed by atoms with Gasteiger partial charge in [-0.2, -0.15) is 0 Å². The van der Waals surface area contributed by atoms with Crippen LogP contribution in [-0.2, 0) is 4.74 Å². The molecule has 3 N–H and O–H groups in total. The van der Waals surface area contributed by atoms with E-state index in [9.17, 15) is 0 Å². The first kappa shape index (κ1) is 12.9. The van der Waals surface area contributed by atoms with Crippen molar-refractivity contribution in [3.8, 4) is 5.88 Å². The molecule has 5 heteroatoms. The molecule has 2 heterocycles. The van der Waals surface area contributed by atoms with E-state index in [1.54, 1.807) is 0 Å². The number of para-hydroxylation sites is 1. The molecule has 20 heavy (non-hydrogen) atoms. The number of pyridine rings is 1. The molecule has 1 aromatic heterocycles. The van der Waals surface area contributed by atoms with Gasteiger partial charge in [0.1, 0.15) is 11.9 Å². The maximum Gasteiger partial charge on any atom is 0.225 e. The Labute approximate surface area is 117 Å². The molecular formula is C15H17N3O2. The van der Waals surface area contributed by atoms with Gasteiger partial charge in [0.05, 0.1) is 24.3 Å². The Morgan fingerprint density at radius 2 is 2.05 bits per heavy atom. The summed E-state index contributed by atoms with van der Waals surface area (Å²) in [7, 11) is 0. The molecule has 1 aliphatic heterocycles. The molecule has 3 rings (SSSR count). The lowest BCUT2D eigenvalue weighted by Gasteiger charge is -2.23. The molecule has 0 amide bonds. The smallest absolute Gasteiger partial charge is 0.225 e. The summed E-state index contributed by atoms with van der Waals surface area (Å²) >= 11 is 0. The van der Waals surface area contributed by atoms with Crippen LogP contribution in [-0.4, -0.2) is 30.1 Å². The van der Waals surface area contributed by atoms with E-state index in [0.29, 0.717) is 24.7 Å². The van der Waals surface area contributed by atoms with Crippen molar-refractivity contribution >= 4 is 16.7 Å². The number of hydrogen-bond donors (Lipinski definition) is 2. The number of rotatable bonds is 3. The molecule has 0 spiro atoms. The van der Waals surface area contributed by atoms with Crippen molar-refractivity contribution in [1.82, 2.24) is 4.98 Å². The maximum atomic E-state index is 7.70. The number of aromatic nitrogens is 1. The first-order valence-corrected chi connectivity index (χ1v) is 6.72. The molecule has 0 radical (unpaired) electrons. The fourth-order valence-electron chi connectivity index (χ4n) is 2.33. The van der Waals surface area contributed by atoms with Crippen LogP contribution in [0.2, 0.25) is 0 Å². The van der Waals surface area contributed by atoms with Crippen LogP contribution in [0.3, 0.4) is 0 Å². The Bertz CT molecular complexity index is 636. The predicted molar refractivity (Wildman–Crippen MR) is 77.2 cm³/mol. The van der Waals surface area contributed by atoms with Crippen LogP contribution in [0.25, 0.3) is 10.9 Å². The Morgan fingerprint density at radius 3 is 2.80 bits per heavy atom. The first-order chi connectivity index (χ1) is 9.74. The minimum atomic E-state index is -0.0229. The second-order valence-corrected chi connectivity index (χ2v) is 4.88. The SMILES string of the molecule is N=C(N)c1cc2ccccc2nc1OC1CCOCC1. The van der Waals surface area contributed by atoms with Gasteiger partial charge < -0.3 is 15.2 Å². The Kier molecular flexibility index (Phi) is 3.52. The van der Waals surface area contributed by atoms with Gasteiger partial charge in [0, 0.05) is 18.2 Å². The molecule has 0 atom stereocenters. The minimum absolute atomic E-state index is 0.0229. The normalized spacial score (nSPS) is 16.2. The van der Waals surface area contributed by atoms with Crippen molar-refractivity contribution in [2.24, 2.45) is 5.73 Å². The number of benzene rings is 1. The van der Waals surface area contributed by atoms with E-state index in [0.717, 1.165) is 23.7 Å². The van der Waals surface area contributed by atoms with E-state index in [-0.39, 0.29) is 11.9 Å². The van der Waals surface area contributed by atoms with Crippen molar-refractivity contribution in [1.29, 1.82) is 5.41 Å². The van der Waals surface area contributed by atoms with Gasteiger partial charge >= 0.3 is 0 Å². The van der Waals surface area contributed by atoms with E-state index in [4.69, 9.17) is 20.6 Å². The summed E-state index contributed by atoms with van der Waals surface area (Å²) in [5, 5.41) is 8.66. The van der Waals surface area contributed by atoms with Gasteiger partial charge in [-0.05, 0) is 12.1 Å². The van der Waals surface area contributed by atoms with E-state index < -0.39 is 0 Å². The molecule has 1 aromatic carbocycles. The summed E-state index contributed by atoms with van der Waals surface area (Å²) in [6.45, 7) is 1.40. The topological polar surface area (TPSA) is 81.2 Å². The molecule has 0 unspecified atom stereocenters. The number of nitrogens with zero attached hydrogens (tertiary/aromatic N) is 1. The Balaban J connectivity index is 1.98. The number of nitrogens with two attached hydrogens (primary N) is 1. The molecule has 0 bridgehead atoms. The van der Waals surface area contributed by atoms with Gasteiger partial charge in [-0.25, -0.2) is 4.98 Å². The third-order valence-corrected chi connectivity index (χ3v) is 3.43. The summed E-state index contributed by atoms with van der Waals surface area (Å²) in [4.78, 5) is 4.51. The van der Waals surface area contributed by atoms with E-state index >= 15 is 0 Å². The van der Waals surface area contributed by atoms with E-state index in [1.165, 1.54) is 0 Å². The van der Waals surface area contributed by atoms with Crippen LogP contribution < -0.4 is 10.5 Å². The molecule has 0 aliphatic carbocycles. The van der Waals surface area contributed by atoms with E-state index in [1.807, 2.05) is 30.3 Å². The first-order valence-electron chi connectivity index (χ1n) is 6.72. The second-order valence-electron chi connectivity index (χ2n) is 4.88. The minimum Gasteiger partial charge on any atom is -0.474 e. The third-order valence-electron chi connectivity index (χ3n) is 3.43. The zero-order valence-corrected chi connectivity index (χ0v) is 11.1. The van der Waals surface area contributed by atoms with Crippen LogP contribution in [0.15, 0.2) is 30.3 Å². The van der Waals surface area contributed by atoms with Crippen molar-refractivity contribution in [2.75, 3.05) is 13.2 Å². The van der Waals surface area contributed by atoms with E-state index in [2.05, 4.69) is 4.98 Å². The maximum absolute atomic E-state index is 7.70. The average molecular weight is 271 g/mol. The van der Waals surface area contributed by atoms with Crippen LogP contribution in [0, 0.1) is 5.41 Å². The number of nitrogens with one attached hydrogen (secondary N) is 1. The monoisotopic (exact) mass is 271 g/mol. The highest BCUT2D eigenvalue weighted by molar-refractivity contribution is 6.00. The zero-order valence-electron chi connectivity index (χ0n) is 11.1. The molecule has 1 saturated heterocycles. The highest BCUT2D eigenvalue weighted by Crippen LogP contribution is 2.24. The fraction of sp³-hybridized carbons (Fsp3) is 0.333. The van der Waals surface area contributed by atoms with Crippen molar-refractivity contribution in [3.63, 3.8) is 0 Å². The highest BCUT2D eigenvalue weighted by Gasteiger charge is 2.19. The molecule has 5 nitrogen and oxygen atoms in total. The molecule has 2 aromatic rings. The zero-order chi connectivity index (χ0) is 13.9. The summed E-state index contributed by atoms with van der Waals surface area (Å²) < 4.78 is 11.3. The summed E-state index contributed by atoms with van der Waals surface area (Å²) in [5.74, 6) is 0.424. The van der Waals surface area contributed by atoms with Gasteiger partial charge in [0.2, 0.25) is 5.88 Å². The average Bonchev–Trinajstić information content (AvgIpc) is 2.47. The van der Waals surface area contributed by atoms with Crippen LogP contribution in [0.4, 0.5) is 0 Å². The summed E-state index contributed by atoms with van der Waals surface area (Å²) in [5.41, 5.74) is 7.05. The highest BCUT2D eigenvalue weighted by atomic mass is 16.5. The quantitative estimate of drug-likeness (QED) is 0.661. The molecule has 1 aliphatic rings. The summed E-state index contributed by atoms with van der Waals surface area (Å²) in [6.07, 6.45) is 1.76. The van der Waals surface area contributed by atoms with Gasteiger partial charge in [0.25, 0.3) is 0 Å². The Hall–Kier alpha value is -2.14. The number of amidine groups is 1. The van der Waals surface area contributed by atoms with Crippen molar-refractivity contribution in [2.45, 2.75) is 18.9 Å². The van der Waals surface area contributed by atoms with Crippen molar-refractivity contribution in [3.05, 3.63) is 35.9 Å². The lowest BCUT2D eigenvalue weighted by molar-refractivity contribution is 0.0238. The molecular weight excluding hydrogens is 254 g/mol. The molecule has 0 saturated carbocycles. The van der Waals surface area contributed by atoms with Gasteiger partial charge in [-0.3, -0.25) is 5.41 Å². The van der Waals surface area contributed by atoms with Gasteiger partial charge in [0.15, 0.2) is 0 Å². The summed E-state index contributed by atoms with van der Waals surface area (Å²) in [6, 6.07) is 9.61. The number of hydrogen-bond acceptors (Lipinski definition) is 4. The Morgan fingerprint density at radius 1 is 1.30 bits per heavy atom. The van der Waals surface area contributed by atoms with Crippen LogP contribution in [0.1, 0.15) is 18.4 Å². The molecule has 104 valence electrons. The predicted octanol–water partition coefficient (Wildman–Crippen LogP) is 2.08. The largest absolute Gasteiger partial charge is 0.474 e. The standard InChI is InChI=1S/C15H17N3O2/c16-14(17)12-9-10-3-1-2-4-13(10)18-15(12)20-11-5-7-19-8-6-11/h1-4,9,11H,5-8H2,(H3,16,17). The fourth-order valence-corrected chi connectivity index (χ4v) is 2.33. The number of nitrogen functional groups attached to an aromatic ring is 1. The van der Waals surface area contributed by atoms with Crippen molar-refractivity contribution < 1.29 is 9.47 Å². The number of fused-ring (bicyclic) bond motifs is 1. The van der Waals surface area contributed by atoms with Gasteiger partial charge in [-0.15, -0.1) is 0 Å². The lowest BCUT2D eigenvalue weighted by Crippen LogP contribution is -2.27. The second kappa shape index (κ2) is 5.46. The van der Waals surface area contributed by atoms with Crippen LogP contribution >= 0.6 is 0 Å². The lowest BCUT2D eigenvalue weighted by atomic mass is 10.1. The van der Waals surface area contributed by atoms with Gasteiger partial charge in [-0.1, -0.05) is 18.2 Å². The third kappa shape index (κ3) is 2.58. The van der Waals surface area contributed by atoms with Crippen LogP contribution in [0.5, 0.6) is 5.88 Å².